The summed E-state index contributed by atoms with van der Waals surface area (Å²) in [5.41, 5.74) is 1.71. The summed E-state index contributed by atoms with van der Waals surface area (Å²) in [6.45, 7) is 3.43. The Morgan fingerprint density at radius 1 is 1.62 bits per heavy atom. The van der Waals surface area contributed by atoms with Gasteiger partial charge in [-0.3, -0.25) is 9.59 Å². The molecule has 0 aliphatic carbocycles. The van der Waals surface area contributed by atoms with Crippen LogP contribution in [0.3, 0.4) is 0 Å². The first kappa shape index (κ1) is 10.4. The van der Waals surface area contributed by atoms with Gasteiger partial charge in [0, 0.05) is 19.5 Å². The number of fused-ring (bicyclic) bond motifs is 1. The number of nitrogens with one attached hydrogen (secondary N) is 2. The van der Waals surface area contributed by atoms with Crippen LogP contribution < -0.4 is 10.9 Å². The van der Waals surface area contributed by atoms with Crippen LogP contribution in [0.5, 0.6) is 0 Å². The number of amides is 1. The minimum absolute atomic E-state index is 0.167. The maximum absolute atomic E-state index is 11.7. The van der Waals surface area contributed by atoms with Gasteiger partial charge in [-0.15, -0.1) is 0 Å². The van der Waals surface area contributed by atoms with E-state index in [2.05, 4.69) is 15.4 Å². The number of aromatic amines is 1. The van der Waals surface area contributed by atoms with E-state index in [1.165, 1.54) is 6.92 Å². The molecule has 0 atom stereocenters. The molecule has 2 aromatic heterocycles. The minimum Gasteiger partial charge on any atom is -0.352 e. The number of aryl methyl sites for hydroxylation is 1. The van der Waals surface area contributed by atoms with Crippen LogP contribution in [0.15, 0.2) is 17.1 Å². The van der Waals surface area contributed by atoms with Crippen LogP contribution in [0.1, 0.15) is 18.2 Å². The van der Waals surface area contributed by atoms with Gasteiger partial charge in [-0.1, -0.05) is 0 Å². The lowest BCUT2D eigenvalue weighted by Crippen LogP contribution is -2.27. The maximum atomic E-state index is 11.7. The number of aromatic nitrogens is 3. The Kier molecular flexibility index (Phi) is 2.47. The predicted molar refractivity (Wildman–Crippen MR) is 58.1 cm³/mol. The highest BCUT2D eigenvalue weighted by Crippen LogP contribution is 2.04. The second-order valence-electron chi connectivity index (χ2n) is 3.56. The highest BCUT2D eigenvalue weighted by molar-refractivity contribution is 5.72. The van der Waals surface area contributed by atoms with Crippen molar-refractivity contribution in [3.05, 3.63) is 33.9 Å². The molecule has 2 N–H and O–H groups in total. The molecule has 0 fully saturated rings. The molecular formula is C10H12N4O2. The summed E-state index contributed by atoms with van der Waals surface area (Å²) in [4.78, 5) is 25.2. The SMILES string of the molecule is CC(=O)NCc1c(C)n2nccc2[nH]c1=O. The lowest BCUT2D eigenvalue weighted by molar-refractivity contribution is -0.119. The van der Waals surface area contributed by atoms with Crippen molar-refractivity contribution in [2.24, 2.45) is 0 Å². The third-order valence-corrected chi connectivity index (χ3v) is 2.43. The first-order valence-electron chi connectivity index (χ1n) is 4.89. The van der Waals surface area contributed by atoms with Crippen LogP contribution in [-0.4, -0.2) is 20.5 Å². The van der Waals surface area contributed by atoms with Gasteiger partial charge < -0.3 is 10.3 Å². The molecule has 0 saturated heterocycles. The summed E-state index contributed by atoms with van der Waals surface area (Å²) in [6.07, 6.45) is 1.61. The topological polar surface area (TPSA) is 79.3 Å². The van der Waals surface area contributed by atoms with Crippen molar-refractivity contribution in [1.29, 1.82) is 0 Å². The Labute approximate surface area is 91.3 Å². The average Bonchev–Trinajstić information content (AvgIpc) is 2.64. The molecule has 6 heteroatoms. The number of nitrogens with zero attached hydrogens (tertiary/aromatic N) is 2. The van der Waals surface area contributed by atoms with Gasteiger partial charge in [0.2, 0.25) is 5.91 Å². The molecule has 0 radical (unpaired) electrons. The van der Waals surface area contributed by atoms with Crippen LogP contribution in [0, 0.1) is 6.92 Å². The van der Waals surface area contributed by atoms with Gasteiger partial charge in [-0.2, -0.15) is 5.10 Å². The fourth-order valence-electron chi connectivity index (χ4n) is 1.57. The zero-order valence-corrected chi connectivity index (χ0v) is 9.07. The number of carbonyl (C=O) groups is 1. The van der Waals surface area contributed by atoms with Gasteiger partial charge >= 0.3 is 0 Å². The molecule has 16 heavy (non-hydrogen) atoms. The van der Waals surface area contributed by atoms with Gasteiger partial charge in [-0.05, 0) is 6.92 Å². The zero-order chi connectivity index (χ0) is 11.7. The molecule has 84 valence electrons. The van der Waals surface area contributed by atoms with Crippen LogP contribution in [0.4, 0.5) is 0 Å². The molecule has 2 aromatic rings. The number of hydrogen-bond acceptors (Lipinski definition) is 3. The zero-order valence-electron chi connectivity index (χ0n) is 9.07. The Morgan fingerprint density at radius 3 is 3.06 bits per heavy atom. The molecular weight excluding hydrogens is 208 g/mol. The molecule has 0 unspecified atom stereocenters. The smallest absolute Gasteiger partial charge is 0.256 e. The summed E-state index contributed by atoms with van der Waals surface area (Å²) in [5.74, 6) is -0.167. The second kappa shape index (κ2) is 3.80. The largest absolute Gasteiger partial charge is 0.352 e. The maximum Gasteiger partial charge on any atom is 0.256 e. The van der Waals surface area contributed by atoms with E-state index in [0.29, 0.717) is 11.2 Å². The number of hydrogen-bond donors (Lipinski definition) is 2. The molecule has 0 aliphatic heterocycles. The fraction of sp³-hybridized carbons (Fsp3) is 0.300. The summed E-state index contributed by atoms with van der Waals surface area (Å²) >= 11 is 0. The van der Waals surface area contributed by atoms with E-state index in [4.69, 9.17) is 0 Å². The third kappa shape index (κ3) is 1.69. The lowest BCUT2D eigenvalue weighted by Gasteiger charge is -2.07. The van der Waals surface area contributed by atoms with Gasteiger partial charge in [0.15, 0.2) is 0 Å². The monoisotopic (exact) mass is 220 g/mol. The minimum atomic E-state index is -0.195. The molecule has 0 aliphatic rings. The van der Waals surface area contributed by atoms with E-state index in [0.717, 1.165) is 5.69 Å². The second-order valence-corrected chi connectivity index (χ2v) is 3.56. The molecule has 2 heterocycles. The van der Waals surface area contributed by atoms with Crippen molar-refractivity contribution in [1.82, 2.24) is 19.9 Å². The van der Waals surface area contributed by atoms with Crippen molar-refractivity contribution in [2.45, 2.75) is 20.4 Å². The quantitative estimate of drug-likeness (QED) is 0.745. The van der Waals surface area contributed by atoms with Gasteiger partial charge in [0.1, 0.15) is 5.65 Å². The molecule has 1 amide bonds. The van der Waals surface area contributed by atoms with Gasteiger partial charge in [0.05, 0.1) is 17.5 Å². The van der Waals surface area contributed by atoms with Crippen LogP contribution in [0.2, 0.25) is 0 Å². The van der Waals surface area contributed by atoms with E-state index >= 15 is 0 Å². The summed E-state index contributed by atoms with van der Waals surface area (Å²) in [5, 5.41) is 6.68. The molecule has 0 saturated carbocycles. The van der Waals surface area contributed by atoms with E-state index in [1.807, 2.05) is 0 Å². The Hall–Kier alpha value is -2.11. The van der Waals surface area contributed by atoms with Crippen molar-refractivity contribution in [3.8, 4) is 0 Å². The summed E-state index contributed by atoms with van der Waals surface area (Å²) in [7, 11) is 0. The average molecular weight is 220 g/mol. The first-order chi connectivity index (χ1) is 7.59. The Balaban J connectivity index is 2.51. The van der Waals surface area contributed by atoms with E-state index in [9.17, 15) is 9.59 Å². The molecule has 6 nitrogen and oxygen atoms in total. The van der Waals surface area contributed by atoms with Crippen molar-refractivity contribution >= 4 is 11.6 Å². The van der Waals surface area contributed by atoms with E-state index < -0.39 is 0 Å². The van der Waals surface area contributed by atoms with E-state index in [-0.39, 0.29) is 18.0 Å². The highest BCUT2D eigenvalue weighted by Gasteiger charge is 2.09. The number of H-pyrrole nitrogens is 1. The number of rotatable bonds is 2. The van der Waals surface area contributed by atoms with Gasteiger partial charge in [0.25, 0.3) is 5.56 Å². The van der Waals surface area contributed by atoms with Crippen molar-refractivity contribution < 1.29 is 4.79 Å². The first-order valence-corrected chi connectivity index (χ1v) is 4.89. The standard InChI is InChI=1S/C10H12N4O2/c1-6-8(5-11-7(2)15)10(16)13-9-3-4-12-14(6)9/h3-4H,5H2,1-2H3,(H,11,15)(H,13,16). The fourth-order valence-corrected chi connectivity index (χ4v) is 1.57. The predicted octanol–water partition coefficient (Wildman–Crippen LogP) is -0.0329. The van der Waals surface area contributed by atoms with Crippen LogP contribution in [0.25, 0.3) is 5.65 Å². The van der Waals surface area contributed by atoms with Gasteiger partial charge in [-0.25, -0.2) is 4.52 Å². The van der Waals surface area contributed by atoms with Crippen LogP contribution >= 0.6 is 0 Å². The Morgan fingerprint density at radius 2 is 2.38 bits per heavy atom. The molecule has 0 spiro atoms. The van der Waals surface area contributed by atoms with Crippen LogP contribution in [-0.2, 0) is 11.3 Å². The molecule has 0 aromatic carbocycles. The lowest BCUT2D eigenvalue weighted by atomic mass is 10.2. The Bertz CT molecular complexity index is 596. The third-order valence-electron chi connectivity index (χ3n) is 2.43. The molecule has 0 bridgehead atoms. The summed E-state index contributed by atoms with van der Waals surface area (Å²) < 4.78 is 1.64. The van der Waals surface area contributed by atoms with E-state index in [1.54, 1.807) is 23.7 Å². The highest BCUT2D eigenvalue weighted by atomic mass is 16.1. The molecule has 2 rings (SSSR count). The number of carbonyl (C=O) groups excluding carboxylic acids is 1. The van der Waals surface area contributed by atoms with Crippen molar-refractivity contribution in [3.63, 3.8) is 0 Å². The summed E-state index contributed by atoms with van der Waals surface area (Å²) in [6, 6.07) is 1.72. The normalized spacial score (nSPS) is 10.6. The van der Waals surface area contributed by atoms with Crippen molar-refractivity contribution in [2.75, 3.05) is 0 Å².